The number of anilines is 1. The van der Waals surface area contributed by atoms with Crippen LogP contribution in [0.4, 0.5) is 10.5 Å². The van der Waals surface area contributed by atoms with Crippen molar-refractivity contribution in [2.45, 2.75) is 13.0 Å². The molecular weight excluding hydrogens is 220 g/mol. The molecular formula is C12H16N2O3. The number of nitrogens with zero attached hydrogens (tertiary/aromatic N) is 1. The Morgan fingerprint density at radius 2 is 2.06 bits per heavy atom. The van der Waals surface area contributed by atoms with Crippen LogP contribution in [-0.2, 0) is 4.74 Å². The second kappa shape index (κ2) is 4.95. The number of carbonyl (C=O) groups is 1. The molecule has 1 amide bonds. The molecule has 1 aromatic rings. The van der Waals surface area contributed by atoms with Crippen molar-refractivity contribution >= 4 is 11.8 Å². The molecule has 1 aromatic carbocycles. The summed E-state index contributed by atoms with van der Waals surface area (Å²) in [5.41, 5.74) is 6.28. The van der Waals surface area contributed by atoms with Crippen molar-refractivity contribution in [3.63, 3.8) is 0 Å². The molecule has 0 radical (unpaired) electrons. The van der Waals surface area contributed by atoms with E-state index in [0.29, 0.717) is 25.4 Å². The Morgan fingerprint density at radius 3 is 2.65 bits per heavy atom. The Bertz CT molecular complexity index is 385. The molecule has 0 spiro atoms. The molecule has 0 saturated carbocycles. The average molecular weight is 236 g/mol. The van der Waals surface area contributed by atoms with E-state index < -0.39 is 0 Å². The number of rotatable bonds is 3. The second-order valence-electron chi connectivity index (χ2n) is 3.91. The number of nitrogens with two attached hydrogens (primary N) is 1. The van der Waals surface area contributed by atoms with E-state index in [9.17, 15) is 4.79 Å². The van der Waals surface area contributed by atoms with Crippen LogP contribution in [0, 0.1) is 0 Å². The van der Waals surface area contributed by atoms with Gasteiger partial charge >= 0.3 is 6.09 Å². The van der Waals surface area contributed by atoms with Crippen molar-refractivity contribution in [1.29, 1.82) is 0 Å². The second-order valence-corrected chi connectivity index (χ2v) is 3.91. The minimum Gasteiger partial charge on any atom is -0.487 e. The van der Waals surface area contributed by atoms with Crippen molar-refractivity contribution in [3.05, 3.63) is 24.3 Å². The van der Waals surface area contributed by atoms with Crippen LogP contribution in [-0.4, -0.2) is 36.8 Å². The molecule has 1 aliphatic heterocycles. The van der Waals surface area contributed by atoms with Gasteiger partial charge in [0.25, 0.3) is 0 Å². The summed E-state index contributed by atoms with van der Waals surface area (Å²) in [5.74, 6) is 0.771. The van der Waals surface area contributed by atoms with Gasteiger partial charge in [-0.3, -0.25) is 0 Å². The zero-order valence-corrected chi connectivity index (χ0v) is 9.76. The van der Waals surface area contributed by atoms with Crippen LogP contribution >= 0.6 is 0 Å². The van der Waals surface area contributed by atoms with Crippen LogP contribution < -0.4 is 10.5 Å². The first kappa shape index (κ1) is 11.6. The lowest BCUT2D eigenvalue weighted by Crippen LogP contribution is -2.56. The molecule has 0 unspecified atom stereocenters. The highest BCUT2D eigenvalue weighted by Gasteiger charge is 2.33. The summed E-state index contributed by atoms with van der Waals surface area (Å²) in [6.45, 7) is 3.34. The van der Waals surface area contributed by atoms with Gasteiger partial charge < -0.3 is 20.1 Å². The lowest BCUT2D eigenvalue weighted by atomic mass is 10.2. The first-order chi connectivity index (χ1) is 8.19. The van der Waals surface area contributed by atoms with E-state index in [-0.39, 0.29) is 12.2 Å². The third kappa shape index (κ3) is 2.81. The summed E-state index contributed by atoms with van der Waals surface area (Å²) >= 11 is 0. The van der Waals surface area contributed by atoms with Crippen molar-refractivity contribution in [1.82, 2.24) is 4.90 Å². The quantitative estimate of drug-likeness (QED) is 0.807. The van der Waals surface area contributed by atoms with E-state index >= 15 is 0 Å². The third-order valence-corrected chi connectivity index (χ3v) is 2.56. The van der Waals surface area contributed by atoms with Crippen molar-refractivity contribution < 1.29 is 14.3 Å². The highest BCUT2D eigenvalue weighted by atomic mass is 16.6. The van der Waals surface area contributed by atoms with Crippen LogP contribution in [0.3, 0.4) is 0 Å². The van der Waals surface area contributed by atoms with Gasteiger partial charge in [0.05, 0.1) is 19.7 Å². The van der Waals surface area contributed by atoms with Crippen LogP contribution in [0.1, 0.15) is 6.92 Å². The predicted octanol–water partition coefficient (Wildman–Crippen LogP) is 1.49. The van der Waals surface area contributed by atoms with E-state index in [1.54, 1.807) is 24.0 Å². The predicted molar refractivity (Wildman–Crippen MR) is 63.9 cm³/mol. The number of benzene rings is 1. The van der Waals surface area contributed by atoms with Gasteiger partial charge in [-0.15, -0.1) is 0 Å². The van der Waals surface area contributed by atoms with Gasteiger partial charge in [0.1, 0.15) is 11.9 Å². The summed E-state index contributed by atoms with van der Waals surface area (Å²) in [6.07, 6.45) is -0.229. The van der Waals surface area contributed by atoms with E-state index in [2.05, 4.69) is 0 Å². The van der Waals surface area contributed by atoms with Crippen LogP contribution in [0.2, 0.25) is 0 Å². The van der Waals surface area contributed by atoms with Crippen molar-refractivity contribution in [2.75, 3.05) is 25.4 Å². The molecule has 1 fully saturated rings. The number of carbonyl (C=O) groups excluding carboxylic acids is 1. The van der Waals surface area contributed by atoms with E-state index in [1.165, 1.54) is 0 Å². The number of likely N-dealkylation sites (tertiary alicyclic amines) is 1. The standard InChI is InChI=1S/C12H16N2O3/c1-2-16-12(15)14-7-11(8-14)17-10-5-3-9(13)4-6-10/h3-6,11H,2,7-8,13H2,1H3. The first-order valence-corrected chi connectivity index (χ1v) is 5.63. The molecule has 0 atom stereocenters. The molecule has 1 saturated heterocycles. The zero-order chi connectivity index (χ0) is 12.3. The molecule has 1 aliphatic rings. The fourth-order valence-corrected chi connectivity index (χ4v) is 1.62. The normalized spacial score (nSPS) is 15.2. The summed E-state index contributed by atoms with van der Waals surface area (Å²) < 4.78 is 10.5. The van der Waals surface area contributed by atoms with Crippen molar-refractivity contribution in [2.24, 2.45) is 0 Å². The Hall–Kier alpha value is -1.91. The van der Waals surface area contributed by atoms with Gasteiger partial charge in [-0.2, -0.15) is 0 Å². The smallest absolute Gasteiger partial charge is 0.410 e. The monoisotopic (exact) mass is 236 g/mol. The Labute approximate surface area is 100 Å². The molecule has 2 rings (SSSR count). The summed E-state index contributed by atoms with van der Waals surface area (Å²) in [5, 5.41) is 0. The maximum Gasteiger partial charge on any atom is 0.410 e. The Morgan fingerprint density at radius 1 is 1.41 bits per heavy atom. The molecule has 5 heteroatoms. The topological polar surface area (TPSA) is 64.8 Å². The SMILES string of the molecule is CCOC(=O)N1CC(Oc2ccc(N)cc2)C1. The van der Waals surface area contributed by atoms with Gasteiger partial charge in [0.2, 0.25) is 0 Å². The summed E-state index contributed by atoms with van der Waals surface area (Å²) in [7, 11) is 0. The van der Waals surface area contributed by atoms with Crippen molar-refractivity contribution in [3.8, 4) is 5.75 Å². The first-order valence-electron chi connectivity index (χ1n) is 5.63. The van der Waals surface area contributed by atoms with E-state index in [4.69, 9.17) is 15.2 Å². The third-order valence-electron chi connectivity index (χ3n) is 2.56. The lowest BCUT2D eigenvalue weighted by Gasteiger charge is -2.37. The molecule has 0 bridgehead atoms. The zero-order valence-electron chi connectivity index (χ0n) is 9.76. The largest absolute Gasteiger partial charge is 0.487 e. The molecule has 2 N–H and O–H groups in total. The highest BCUT2D eigenvalue weighted by Crippen LogP contribution is 2.19. The number of hydrogen-bond acceptors (Lipinski definition) is 4. The molecule has 17 heavy (non-hydrogen) atoms. The van der Waals surface area contributed by atoms with E-state index in [1.807, 2.05) is 12.1 Å². The van der Waals surface area contributed by atoms with Gasteiger partial charge in [-0.1, -0.05) is 0 Å². The lowest BCUT2D eigenvalue weighted by molar-refractivity contribution is 0.0127. The van der Waals surface area contributed by atoms with Gasteiger partial charge in [0, 0.05) is 5.69 Å². The average Bonchev–Trinajstić information content (AvgIpc) is 2.25. The Kier molecular flexibility index (Phi) is 3.37. The van der Waals surface area contributed by atoms with Gasteiger partial charge in [-0.25, -0.2) is 4.79 Å². The molecule has 92 valence electrons. The van der Waals surface area contributed by atoms with Crippen LogP contribution in [0.15, 0.2) is 24.3 Å². The fraction of sp³-hybridized carbons (Fsp3) is 0.417. The molecule has 0 aromatic heterocycles. The fourth-order valence-electron chi connectivity index (χ4n) is 1.62. The number of amides is 1. The maximum atomic E-state index is 11.3. The number of ether oxygens (including phenoxy) is 2. The van der Waals surface area contributed by atoms with E-state index in [0.717, 1.165) is 5.75 Å². The maximum absolute atomic E-state index is 11.3. The Balaban J connectivity index is 1.77. The van der Waals surface area contributed by atoms with Crippen LogP contribution in [0.25, 0.3) is 0 Å². The summed E-state index contributed by atoms with van der Waals surface area (Å²) in [4.78, 5) is 12.9. The molecule has 5 nitrogen and oxygen atoms in total. The summed E-state index contributed by atoms with van der Waals surface area (Å²) in [6, 6.07) is 7.22. The van der Waals surface area contributed by atoms with Gasteiger partial charge in [-0.05, 0) is 31.2 Å². The number of hydrogen-bond donors (Lipinski definition) is 1. The number of nitrogen functional groups attached to an aromatic ring is 1. The highest BCUT2D eigenvalue weighted by molar-refractivity contribution is 5.68. The molecule has 1 heterocycles. The minimum atomic E-state index is -0.273. The van der Waals surface area contributed by atoms with Gasteiger partial charge in [0.15, 0.2) is 0 Å². The van der Waals surface area contributed by atoms with Crippen LogP contribution in [0.5, 0.6) is 5.75 Å². The minimum absolute atomic E-state index is 0.0445. The molecule has 0 aliphatic carbocycles.